The summed E-state index contributed by atoms with van der Waals surface area (Å²) in [4.78, 5) is 4.15. The number of nitrogens with two attached hydrogens (primary N) is 1. The van der Waals surface area contributed by atoms with Crippen molar-refractivity contribution in [3.05, 3.63) is 52.1 Å². The Bertz CT molecular complexity index is 436. The van der Waals surface area contributed by atoms with Gasteiger partial charge in [-0.05, 0) is 17.7 Å². The molecule has 0 aliphatic heterocycles. The van der Waals surface area contributed by atoms with Crippen LogP contribution in [0.3, 0.4) is 0 Å². The molecule has 15 heavy (non-hydrogen) atoms. The lowest BCUT2D eigenvalue weighted by molar-refractivity contribution is 0.465. The molecule has 2 aromatic rings. The molecule has 0 saturated carbocycles. The van der Waals surface area contributed by atoms with Gasteiger partial charge in [0.15, 0.2) is 5.89 Å². The monoisotopic (exact) mass is 266 g/mol. The Balaban J connectivity index is 2.11. The summed E-state index contributed by atoms with van der Waals surface area (Å²) in [7, 11) is 0. The van der Waals surface area contributed by atoms with Crippen LogP contribution in [-0.4, -0.2) is 4.98 Å². The largest absolute Gasteiger partial charge is 0.444 e. The van der Waals surface area contributed by atoms with E-state index in [0.29, 0.717) is 18.9 Å². The maximum absolute atomic E-state index is 5.44. The van der Waals surface area contributed by atoms with Crippen LogP contribution < -0.4 is 5.73 Å². The van der Waals surface area contributed by atoms with E-state index in [2.05, 4.69) is 20.9 Å². The molecule has 0 amide bonds. The summed E-state index contributed by atoms with van der Waals surface area (Å²) in [6.45, 7) is 0.396. The Labute approximate surface area is 96.4 Å². The molecule has 0 aliphatic rings. The maximum atomic E-state index is 5.44. The Hall–Kier alpha value is -1.13. The van der Waals surface area contributed by atoms with Crippen molar-refractivity contribution in [2.45, 2.75) is 13.0 Å². The average molecular weight is 267 g/mol. The molecule has 0 fully saturated rings. The summed E-state index contributed by atoms with van der Waals surface area (Å²) >= 11 is 3.39. The number of hydrogen-bond acceptors (Lipinski definition) is 3. The lowest BCUT2D eigenvalue weighted by Crippen LogP contribution is -1.93. The van der Waals surface area contributed by atoms with Gasteiger partial charge in [-0.1, -0.05) is 28.1 Å². The van der Waals surface area contributed by atoms with Gasteiger partial charge in [-0.3, -0.25) is 0 Å². The van der Waals surface area contributed by atoms with Gasteiger partial charge < -0.3 is 10.2 Å². The molecule has 1 heterocycles. The zero-order valence-electron chi connectivity index (χ0n) is 8.11. The molecule has 1 aromatic carbocycles. The Morgan fingerprint density at radius 3 is 2.60 bits per heavy atom. The number of hydrogen-bond donors (Lipinski definition) is 1. The van der Waals surface area contributed by atoms with E-state index in [-0.39, 0.29) is 0 Å². The number of benzene rings is 1. The molecule has 0 saturated heterocycles. The fourth-order valence-corrected chi connectivity index (χ4v) is 1.57. The zero-order valence-corrected chi connectivity index (χ0v) is 9.70. The highest BCUT2D eigenvalue weighted by molar-refractivity contribution is 9.10. The molecule has 2 rings (SSSR count). The van der Waals surface area contributed by atoms with Crippen LogP contribution in [0.25, 0.3) is 0 Å². The molecule has 4 heteroatoms. The first-order valence-corrected chi connectivity index (χ1v) is 5.45. The van der Waals surface area contributed by atoms with Crippen LogP contribution in [0.1, 0.15) is 17.2 Å². The molecule has 1 aromatic heterocycles. The minimum absolute atomic E-state index is 0.396. The molecule has 0 unspecified atom stereocenters. The average Bonchev–Trinajstić information content (AvgIpc) is 2.69. The van der Waals surface area contributed by atoms with Crippen molar-refractivity contribution in [2.24, 2.45) is 5.73 Å². The van der Waals surface area contributed by atoms with Gasteiger partial charge >= 0.3 is 0 Å². The smallest absolute Gasteiger partial charge is 0.198 e. The third kappa shape index (κ3) is 2.67. The van der Waals surface area contributed by atoms with Gasteiger partial charge in [0.2, 0.25) is 0 Å². The van der Waals surface area contributed by atoms with E-state index >= 15 is 0 Å². The molecule has 2 N–H and O–H groups in total. The van der Waals surface area contributed by atoms with Gasteiger partial charge in [0.25, 0.3) is 0 Å². The van der Waals surface area contributed by atoms with E-state index in [9.17, 15) is 0 Å². The quantitative estimate of drug-likeness (QED) is 0.929. The highest BCUT2D eigenvalue weighted by atomic mass is 79.9. The molecule has 78 valence electrons. The van der Waals surface area contributed by atoms with Gasteiger partial charge in [0.05, 0.1) is 12.7 Å². The van der Waals surface area contributed by atoms with Crippen LogP contribution in [0.5, 0.6) is 0 Å². The van der Waals surface area contributed by atoms with Crippen molar-refractivity contribution < 1.29 is 4.42 Å². The van der Waals surface area contributed by atoms with E-state index in [1.807, 2.05) is 24.3 Å². The Kier molecular flexibility index (Phi) is 3.18. The van der Waals surface area contributed by atoms with Crippen molar-refractivity contribution in [2.75, 3.05) is 0 Å². The van der Waals surface area contributed by atoms with Crippen LogP contribution in [0.4, 0.5) is 0 Å². The third-order valence-corrected chi connectivity index (χ3v) is 2.60. The minimum atomic E-state index is 0.396. The van der Waals surface area contributed by atoms with Gasteiger partial charge in [0.1, 0.15) is 5.76 Å². The predicted molar refractivity (Wildman–Crippen MR) is 61.3 cm³/mol. The molecule has 0 bridgehead atoms. The molecule has 0 atom stereocenters. The SMILES string of the molecule is NCc1cnc(Cc2ccc(Br)cc2)o1. The summed E-state index contributed by atoms with van der Waals surface area (Å²) in [5.74, 6) is 1.43. The van der Waals surface area contributed by atoms with Crippen LogP contribution >= 0.6 is 15.9 Å². The summed E-state index contributed by atoms with van der Waals surface area (Å²) in [5.41, 5.74) is 6.61. The van der Waals surface area contributed by atoms with Crippen molar-refractivity contribution in [1.82, 2.24) is 4.98 Å². The lowest BCUT2D eigenvalue weighted by Gasteiger charge is -1.97. The standard InChI is InChI=1S/C11H11BrN2O/c12-9-3-1-8(2-4-9)5-11-14-7-10(6-13)15-11/h1-4,7H,5-6,13H2. The first-order valence-electron chi connectivity index (χ1n) is 4.66. The van der Waals surface area contributed by atoms with Gasteiger partial charge in [-0.25, -0.2) is 4.98 Å². The maximum Gasteiger partial charge on any atom is 0.198 e. The second kappa shape index (κ2) is 4.59. The van der Waals surface area contributed by atoms with Gasteiger partial charge in [0, 0.05) is 10.9 Å². The zero-order chi connectivity index (χ0) is 10.7. The number of oxazole rings is 1. The van der Waals surface area contributed by atoms with Crippen molar-refractivity contribution in [3.8, 4) is 0 Å². The van der Waals surface area contributed by atoms with Gasteiger partial charge in [-0.15, -0.1) is 0 Å². The van der Waals surface area contributed by atoms with E-state index in [4.69, 9.17) is 10.2 Å². The van der Waals surface area contributed by atoms with E-state index in [1.54, 1.807) is 6.20 Å². The second-order valence-electron chi connectivity index (χ2n) is 3.23. The molecule has 0 aliphatic carbocycles. The van der Waals surface area contributed by atoms with E-state index < -0.39 is 0 Å². The predicted octanol–water partition coefficient (Wildman–Crippen LogP) is 2.49. The molecule has 0 radical (unpaired) electrons. The highest BCUT2D eigenvalue weighted by Crippen LogP contribution is 2.14. The number of nitrogens with zero attached hydrogens (tertiary/aromatic N) is 1. The number of rotatable bonds is 3. The summed E-state index contributed by atoms with van der Waals surface area (Å²) < 4.78 is 6.49. The topological polar surface area (TPSA) is 52.0 Å². The molecule has 3 nitrogen and oxygen atoms in total. The second-order valence-corrected chi connectivity index (χ2v) is 4.14. The lowest BCUT2D eigenvalue weighted by atomic mass is 10.1. The fourth-order valence-electron chi connectivity index (χ4n) is 1.30. The Morgan fingerprint density at radius 2 is 2.00 bits per heavy atom. The first-order chi connectivity index (χ1) is 7.28. The summed E-state index contributed by atoms with van der Waals surface area (Å²) in [6, 6.07) is 8.08. The molecule has 0 spiro atoms. The van der Waals surface area contributed by atoms with Crippen molar-refractivity contribution in [3.63, 3.8) is 0 Å². The third-order valence-electron chi connectivity index (χ3n) is 2.07. The first kappa shape index (κ1) is 10.4. The van der Waals surface area contributed by atoms with Crippen LogP contribution in [0, 0.1) is 0 Å². The number of aromatic nitrogens is 1. The summed E-state index contributed by atoms with van der Waals surface area (Å²) in [6.07, 6.45) is 2.38. The van der Waals surface area contributed by atoms with Crippen LogP contribution in [0.15, 0.2) is 39.4 Å². The molecular formula is C11H11BrN2O. The van der Waals surface area contributed by atoms with Crippen LogP contribution in [-0.2, 0) is 13.0 Å². The summed E-state index contributed by atoms with van der Waals surface area (Å²) in [5, 5.41) is 0. The van der Waals surface area contributed by atoms with Crippen molar-refractivity contribution in [1.29, 1.82) is 0 Å². The van der Waals surface area contributed by atoms with Gasteiger partial charge in [-0.2, -0.15) is 0 Å². The molecular weight excluding hydrogens is 256 g/mol. The Morgan fingerprint density at radius 1 is 1.27 bits per heavy atom. The highest BCUT2D eigenvalue weighted by Gasteiger charge is 2.03. The van der Waals surface area contributed by atoms with Crippen molar-refractivity contribution >= 4 is 15.9 Å². The fraction of sp³-hybridized carbons (Fsp3) is 0.182. The van der Waals surface area contributed by atoms with E-state index in [0.717, 1.165) is 10.2 Å². The normalized spacial score (nSPS) is 10.5. The van der Waals surface area contributed by atoms with Crippen LogP contribution in [0.2, 0.25) is 0 Å². The number of halogens is 1. The van der Waals surface area contributed by atoms with E-state index in [1.165, 1.54) is 5.56 Å². The minimum Gasteiger partial charge on any atom is -0.444 e.